The van der Waals surface area contributed by atoms with E-state index in [4.69, 9.17) is 37.0 Å². The van der Waals surface area contributed by atoms with Gasteiger partial charge in [-0.05, 0) is 43.4 Å². The molecular formula is C73H142O17P2. The van der Waals surface area contributed by atoms with Gasteiger partial charge in [-0.3, -0.25) is 37.3 Å². The molecule has 19 heteroatoms. The molecule has 0 aliphatic carbocycles. The Balaban J connectivity index is 5.24. The van der Waals surface area contributed by atoms with Crippen LogP contribution in [0.5, 0.6) is 0 Å². The van der Waals surface area contributed by atoms with Gasteiger partial charge in [0.2, 0.25) is 0 Å². The van der Waals surface area contributed by atoms with Gasteiger partial charge < -0.3 is 33.8 Å². The van der Waals surface area contributed by atoms with Crippen LogP contribution in [-0.4, -0.2) is 96.7 Å². The second-order valence-corrected chi connectivity index (χ2v) is 30.2. The minimum absolute atomic E-state index is 0.102. The van der Waals surface area contributed by atoms with Crippen molar-refractivity contribution in [1.82, 2.24) is 0 Å². The van der Waals surface area contributed by atoms with Crippen LogP contribution in [0.3, 0.4) is 0 Å². The van der Waals surface area contributed by atoms with E-state index in [-0.39, 0.29) is 25.7 Å². The lowest BCUT2D eigenvalue weighted by atomic mass is 9.99. The van der Waals surface area contributed by atoms with Gasteiger partial charge in [0.25, 0.3) is 0 Å². The van der Waals surface area contributed by atoms with Crippen LogP contribution in [0.4, 0.5) is 0 Å². The Hall–Kier alpha value is -1.94. The van der Waals surface area contributed by atoms with Gasteiger partial charge in [-0.2, -0.15) is 0 Å². The number of carbonyl (C=O) groups is 4. The van der Waals surface area contributed by atoms with Crippen molar-refractivity contribution in [1.29, 1.82) is 0 Å². The van der Waals surface area contributed by atoms with Gasteiger partial charge in [0, 0.05) is 25.7 Å². The van der Waals surface area contributed by atoms with Crippen molar-refractivity contribution in [2.45, 2.75) is 388 Å². The average molecular weight is 1350 g/mol. The van der Waals surface area contributed by atoms with E-state index in [9.17, 15) is 43.2 Å². The molecule has 0 spiro atoms. The maximum atomic E-state index is 13.1. The monoisotopic (exact) mass is 1350 g/mol. The third-order valence-corrected chi connectivity index (χ3v) is 19.5. The largest absolute Gasteiger partial charge is 0.472 e. The van der Waals surface area contributed by atoms with Crippen molar-refractivity contribution in [2.24, 2.45) is 17.8 Å². The Morgan fingerprint density at radius 2 is 0.554 bits per heavy atom. The lowest BCUT2D eigenvalue weighted by Gasteiger charge is -2.21. The van der Waals surface area contributed by atoms with Crippen molar-refractivity contribution in [3.8, 4) is 0 Å². The smallest absolute Gasteiger partial charge is 0.462 e. The molecule has 0 heterocycles. The molecule has 0 aliphatic heterocycles. The minimum atomic E-state index is -4.96. The molecule has 7 atom stereocenters. The van der Waals surface area contributed by atoms with E-state index in [0.29, 0.717) is 31.6 Å². The molecule has 0 rings (SSSR count). The number of carbonyl (C=O) groups excluding carboxylic acids is 4. The topological polar surface area (TPSA) is 237 Å². The zero-order valence-electron chi connectivity index (χ0n) is 60.0. The summed E-state index contributed by atoms with van der Waals surface area (Å²) in [5, 5.41) is 10.6. The molecule has 4 unspecified atom stereocenters. The molecule has 0 aromatic rings. The molecule has 0 bridgehead atoms. The van der Waals surface area contributed by atoms with Crippen LogP contribution in [0.15, 0.2) is 0 Å². The van der Waals surface area contributed by atoms with Crippen molar-refractivity contribution in [3.05, 3.63) is 0 Å². The number of hydrogen-bond donors (Lipinski definition) is 3. The van der Waals surface area contributed by atoms with E-state index in [0.717, 1.165) is 108 Å². The van der Waals surface area contributed by atoms with E-state index in [2.05, 4.69) is 48.5 Å². The maximum absolute atomic E-state index is 13.1. The number of aliphatic hydroxyl groups is 1. The number of unbranched alkanes of at least 4 members (excludes halogenated alkanes) is 37. The van der Waals surface area contributed by atoms with Gasteiger partial charge >= 0.3 is 39.5 Å². The van der Waals surface area contributed by atoms with Gasteiger partial charge in [-0.25, -0.2) is 9.13 Å². The molecule has 546 valence electrons. The van der Waals surface area contributed by atoms with Crippen LogP contribution in [-0.2, 0) is 65.4 Å². The van der Waals surface area contributed by atoms with Crippen molar-refractivity contribution >= 4 is 39.5 Å². The number of rotatable bonds is 71. The summed E-state index contributed by atoms with van der Waals surface area (Å²) >= 11 is 0. The van der Waals surface area contributed by atoms with Crippen LogP contribution in [0.1, 0.15) is 370 Å². The summed E-state index contributed by atoms with van der Waals surface area (Å²) in [6, 6.07) is 0. The standard InChI is InChI=1S/C73H142O17P2/c1-8-11-12-13-14-15-16-17-21-24-27-32-40-47-54-70(75)83-60-68(89-72(77)56-49-42-33-28-25-22-19-18-20-23-26-31-38-45-52-65(6)9-2)62-87-91(79,80)85-58-67(74)59-86-92(81,82)88-63-69(90-73(78)57-50-43-34-29-30-37-44-51-64(4)5)61-84-71(76)55-48-41-36-35-39-46-53-66(7)10-3/h64-69,74H,8-63H2,1-7H3,(H,79,80)(H,81,82)/t65?,66?,67-,68-,69-/m1/s1. The van der Waals surface area contributed by atoms with Crippen LogP contribution in [0, 0.1) is 17.8 Å². The summed E-state index contributed by atoms with van der Waals surface area (Å²) in [6.07, 6.45) is 48.6. The molecule has 0 amide bonds. The third kappa shape index (κ3) is 64.1. The summed E-state index contributed by atoms with van der Waals surface area (Å²) in [7, 11) is -9.91. The lowest BCUT2D eigenvalue weighted by molar-refractivity contribution is -0.161. The quantitative estimate of drug-likeness (QED) is 0.0222. The fourth-order valence-corrected chi connectivity index (χ4v) is 12.6. The van der Waals surface area contributed by atoms with Gasteiger partial charge in [0.1, 0.15) is 19.3 Å². The highest BCUT2D eigenvalue weighted by Crippen LogP contribution is 2.45. The first-order valence-electron chi connectivity index (χ1n) is 37.9. The first-order valence-corrected chi connectivity index (χ1v) is 40.9. The van der Waals surface area contributed by atoms with Crippen molar-refractivity contribution in [3.63, 3.8) is 0 Å². The Morgan fingerprint density at radius 3 is 0.826 bits per heavy atom. The van der Waals surface area contributed by atoms with Crippen LogP contribution in [0.25, 0.3) is 0 Å². The highest BCUT2D eigenvalue weighted by Gasteiger charge is 2.30. The molecule has 0 saturated carbocycles. The first kappa shape index (κ1) is 90.1. The first-order chi connectivity index (χ1) is 44.3. The second kappa shape index (κ2) is 63.8. The predicted octanol–water partition coefficient (Wildman–Crippen LogP) is 21.0. The van der Waals surface area contributed by atoms with Crippen molar-refractivity contribution < 1.29 is 80.2 Å². The zero-order chi connectivity index (χ0) is 68.0. The zero-order valence-corrected chi connectivity index (χ0v) is 61.8. The molecule has 0 fully saturated rings. The van der Waals surface area contributed by atoms with Crippen LogP contribution >= 0.6 is 15.6 Å². The lowest BCUT2D eigenvalue weighted by Crippen LogP contribution is -2.30. The fourth-order valence-electron chi connectivity index (χ4n) is 11.0. The Labute approximate surface area is 562 Å². The normalized spacial score (nSPS) is 14.7. The van der Waals surface area contributed by atoms with E-state index >= 15 is 0 Å². The predicted molar refractivity (Wildman–Crippen MR) is 372 cm³/mol. The molecule has 0 aromatic carbocycles. The number of aliphatic hydroxyl groups excluding tert-OH is 1. The summed E-state index contributed by atoms with van der Waals surface area (Å²) in [5.41, 5.74) is 0. The molecule has 0 aliphatic rings. The van der Waals surface area contributed by atoms with E-state index in [1.807, 2.05) is 0 Å². The second-order valence-electron chi connectivity index (χ2n) is 27.3. The summed E-state index contributed by atoms with van der Waals surface area (Å²) < 4.78 is 68.4. The number of esters is 4. The van der Waals surface area contributed by atoms with E-state index in [1.165, 1.54) is 173 Å². The Kier molecular flexibility index (Phi) is 62.4. The van der Waals surface area contributed by atoms with Crippen LogP contribution in [0.2, 0.25) is 0 Å². The van der Waals surface area contributed by atoms with E-state index < -0.39 is 97.5 Å². The number of ether oxygens (including phenoxy) is 4. The minimum Gasteiger partial charge on any atom is -0.462 e. The maximum Gasteiger partial charge on any atom is 0.472 e. The van der Waals surface area contributed by atoms with Gasteiger partial charge in [-0.1, -0.05) is 318 Å². The Bertz CT molecular complexity index is 1810. The van der Waals surface area contributed by atoms with E-state index in [1.54, 1.807) is 0 Å². The van der Waals surface area contributed by atoms with Gasteiger partial charge in [0.15, 0.2) is 12.2 Å². The molecule has 3 N–H and O–H groups in total. The average Bonchev–Trinajstić information content (AvgIpc) is 1.63. The SMILES string of the molecule is CCCCCCCCCCCCCCCCC(=O)OC[C@H](COP(=O)(O)OC[C@@H](O)COP(=O)(O)OC[C@@H](COC(=O)CCCCCCCCC(C)CC)OC(=O)CCCCCCCCCC(C)C)OC(=O)CCCCCCCCCCCCCCCCC(C)CC. The summed E-state index contributed by atoms with van der Waals surface area (Å²) in [4.78, 5) is 72.6. The summed E-state index contributed by atoms with van der Waals surface area (Å²) in [5.74, 6) is 0.148. The molecule has 0 saturated heterocycles. The number of phosphoric ester groups is 2. The molecule has 0 aromatic heterocycles. The van der Waals surface area contributed by atoms with Crippen molar-refractivity contribution in [2.75, 3.05) is 39.6 Å². The molecule has 17 nitrogen and oxygen atoms in total. The Morgan fingerprint density at radius 1 is 0.315 bits per heavy atom. The number of hydrogen-bond acceptors (Lipinski definition) is 15. The number of phosphoric acid groups is 2. The highest BCUT2D eigenvalue weighted by atomic mass is 31.2. The van der Waals surface area contributed by atoms with Gasteiger partial charge in [-0.15, -0.1) is 0 Å². The van der Waals surface area contributed by atoms with Gasteiger partial charge in [0.05, 0.1) is 26.4 Å². The molecule has 92 heavy (non-hydrogen) atoms. The van der Waals surface area contributed by atoms with Crippen LogP contribution < -0.4 is 0 Å². The molecule has 0 radical (unpaired) electrons. The molecular weight excluding hydrogens is 1210 g/mol. The third-order valence-electron chi connectivity index (χ3n) is 17.6. The highest BCUT2D eigenvalue weighted by molar-refractivity contribution is 7.47. The fraction of sp³-hybridized carbons (Fsp3) is 0.945. The summed E-state index contributed by atoms with van der Waals surface area (Å²) in [6.45, 7) is 11.8.